The molecule has 166 valence electrons. The van der Waals surface area contributed by atoms with E-state index in [1.165, 1.54) is 12.8 Å². The average Bonchev–Trinajstić information content (AvgIpc) is 3.32. The summed E-state index contributed by atoms with van der Waals surface area (Å²) in [5, 5.41) is 0. The number of nitrogens with zero attached hydrogens (tertiary/aromatic N) is 3. The van der Waals surface area contributed by atoms with E-state index in [1.807, 2.05) is 23.8 Å². The van der Waals surface area contributed by atoms with Crippen LogP contribution in [0.4, 0.5) is 0 Å². The van der Waals surface area contributed by atoms with E-state index in [2.05, 4.69) is 4.90 Å². The Balaban J connectivity index is 1.67. The van der Waals surface area contributed by atoms with Crippen molar-refractivity contribution in [3.63, 3.8) is 0 Å². The second-order valence-electron chi connectivity index (χ2n) is 8.24. The normalized spacial score (nSPS) is 18.9. The number of benzene rings is 1. The van der Waals surface area contributed by atoms with Crippen molar-refractivity contribution in [1.82, 2.24) is 14.7 Å². The van der Waals surface area contributed by atoms with Crippen LogP contribution in [0.25, 0.3) is 0 Å². The second kappa shape index (κ2) is 10.2. The van der Waals surface area contributed by atoms with Crippen molar-refractivity contribution in [2.45, 2.75) is 38.6 Å². The van der Waals surface area contributed by atoms with Crippen LogP contribution >= 0.6 is 0 Å². The molecule has 1 aromatic carbocycles. The van der Waals surface area contributed by atoms with Gasteiger partial charge in [0.05, 0.1) is 20.3 Å². The number of carbonyl (C=O) groups excluding carboxylic acids is 2. The molecule has 1 atom stereocenters. The zero-order chi connectivity index (χ0) is 21.7. The molecule has 0 spiro atoms. The summed E-state index contributed by atoms with van der Waals surface area (Å²) in [5.74, 6) is 1.81. The van der Waals surface area contributed by atoms with Crippen molar-refractivity contribution < 1.29 is 19.1 Å². The smallest absolute Gasteiger partial charge is 0.254 e. The Morgan fingerprint density at radius 1 is 1.07 bits per heavy atom. The number of hydrogen-bond acceptors (Lipinski definition) is 5. The number of carbonyl (C=O) groups is 2. The Morgan fingerprint density at radius 2 is 1.70 bits per heavy atom. The molecular weight excluding hydrogens is 382 g/mol. The van der Waals surface area contributed by atoms with E-state index in [4.69, 9.17) is 9.47 Å². The maximum atomic E-state index is 13.1. The molecule has 3 rings (SSSR count). The maximum absolute atomic E-state index is 13.1. The lowest BCUT2D eigenvalue weighted by Gasteiger charge is -2.42. The number of ether oxygens (including phenoxy) is 2. The summed E-state index contributed by atoms with van der Waals surface area (Å²) in [4.78, 5) is 32.1. The van der Waals surface area contributed by atoms with Crippen molar-refractivity contribution >= 4 is 11.8 Å². The Bertz CT molecular complexity index is 740. The van der Waals surface area contributed by atoms with Gasteiger partial charge in [-0.15, -0.1) is 0 Å². The zero-order valence-corrected chi connectivity index (χ0v) is 18.7. The van der Waals surface area contributed by atoms with Gasteiger partial charge in [-0.2, -0.15) is 0 Å². The van der Waals surface area contributed by atoms with Gasteiger partial charge in [-0.1, -0.05) is 12.8 Å². The highest BCUT2D eigenvalue weighted by Gasteiger charge is 2.38. The lowest BCUT2D eigenvalue weighted by molar-refractivity contribution is -0.138. The molecule has 2 fully saturated rings. The standard InChI is InChI=1S/C23H35N3O4/c1-5-24(2)23(28)21(17-8-6-7-9-17)25-12-14-26(15-13-25)22(27)18-10-11-19(29-3)20(16-18)30-4/h10-11,16-17,21H,5-9,12-15H2,1-4H3/t21-/m1/s1. The van der Waals surface area contributed by atoms with Gasteiger partial charge in [-0.3, -0.25) is 14.5 Å². The average molecular weight is 418 g/mol. The fourth-order valence-corrected chi connectivity index (χ4v) is 4.67. The van der Waals surface area contributed by atoms with Gasteiger partial charge in [0.15, 0.2) is 11.5 Å². The number of rotatable bonds is 7. The number of methoxy groups -OCH3 is 2. The summed E-state index contributed by atoms with van der Waals surface area (Å²) in [6, 6.07) is 5.21. The van der Waals surface area contributed by atoms with E-state index < -0.39 is 0 Å². The van der Waals surface area contributed by atoms with Gasteiger partial charge in [-0.25, -0.2) is 0 Å². The summed E-state index contributed by atoms with van der Waals surface area (Å²) in [6.07, 6.45) is 4.67. The zero-order valence-electron chi connectivity index (χ0n) is 18.7. The van der Waals surface area contributed by atoms with Crippen LogP contribution in [0.5, 0.6) is 11.5 Å². The first-order valence-electron chi connectivity index (χ1n) is 11.0. The van der Waals surface area contributed by atoms with E-state index in [-0.39, 0.29) is 17.9 Å². The Labute approximate surface area is 179 Å². The number of amides is 2. The van der Waals surface area contributed by atoms with Gasteiger partial charge in [0, 0.05) is 45.3 Å². The molecule has 2 aliphatic rings. The number of likely N-dealkylation sites (N-methyl/N-ethyl adjacent to an activating group) is 1. The highest BCUT2D eigenvalue weighted by Crippen LogP contribution is 2.32. The van der Waals surface area contributed by atoms with E-state index in [1.54, 1.807) is 32.4 Å². The minimum atomic E-state index is -0.0595. The molecule has 0 aromatic heterocycles. The van der Waals surface area contributed by atoms with Crippen molar-refractivity contribution in [3.8, 4) is 11.5 Å². The second-order valence-corrected chi connectivity index (χ2v) is 8.24. The van der Waals surface area contributed by atoms with Crippen LogP contribution in [0.15, 0.2) is 18.2 Å². The van der Waals surface area contributed by atoms with E-state index in [0.717, 1.165) is 32.5 Å². The quantitative estimate of drug-likeness (QED) is 0.682. The summed E-state index contributed by atoms with van der Waals surface area (Å²) < 4.78 is 10.6. The van der Waals surface area contributed by atoms with Gasteiger partial charge >= 0.3 is 0 Å². The van der Waals surface area contributed by atoms with Crippen molar-refractivity contribution in [2.24, 2.45) is 5.92 Å². The van der Waals surface area contributed by atoms with Gasteiger partial charge < -0.3 is 19.3 Å². The first-order chi connectivity index (χ1) is 14.5. The highest BCUT2D eigenvalue weighted by atomic mass is 16.5. The monoisotopic (exact) mass is 417 g/mol. The van der Waals surface area contributed by atoms with E-state index in [9.17, 15) is 9.59 Å². The van der Waals surface area contributed by atoms with E-state index >= 15 is 0 Å². The van der Waals surface area contributed by atoms with Gasteiger partial charge in [0.2, 0.25) is 5.91 Å². The number of hydrogen-bond donors (Lipinski definition) is 0. The summed E-state index contributed by atoms with van der Waals surface area (Å²) in [7, 11) is 5.04. The Hall–Kier alpha value is -2.28. The molecule has 0 bridgehead atoms. The molecule has 1 heterocycles. The third-order valence-corrected chi connectivity index (χ3v) is 6.58. The minimum absolute atomic E-state index is 0.00924. The largest absolute Gasteiger partial charge is 0.493 e. The molecule has 0 radical (unpaired) electrons. The summed E-state index contributed by atoms with van der Waals surface area (Å²) in [6.45, 7) is 5.44. The summed E-state index contributed by atoms with van der Waals surface area (Å²) in [5.41, 5.74) is 0.593. The van der Waals surface area contributed by atoms with E-state index in [0.29, 0.717) is 36.1 Å². The van der Waals surface area contributed by atoms with Crippen LogP contribution < -0.4 is 9.47 Å². The first kappa shape index (κ1) is 22.4. The van der Waals surface area contributed by atoms with Gasteiger partial charge in [0.1, 0.15) is 0 Å². The fraction of sp³-hybridized carbons (Fsp3) is 0.652. The van der Waals surface area contributed by atoms with Crippen molar-refractivity contribution in [1.29, 1.82) is 0 Å². The van der Waals surface area contributed by atoms with Crippen LogP contribution in [0.1, 0.15) is 43.0 Å². The molecule has 1 aliphatic carbocycles. The first-order valence-corrected chi connectivity index (χ1v) is 11.0. The molecule has 2 amide bonds. The third-order valence-electron chi connectivity index (χ3n) is 6.58. The third kappa shape index (κ3) is 4.72. The molecule has 0 unspecified atom stereocenters. The maximum Gasteiger partial charge on any atom is 0.254 e. The molecular formula is C23H35N3O4. The van der Waals surface area contributed by atoms with Crippen molar-refractivity contribution in [2.75, 3.05) is 54.0 Å². The van der Waals surface area contributed by atoms with Crippen LogP contribution in [0, 0.1) is 5.92 Å². The van der Waals surface area contributed by atoms with Crippen LogP contribution in [0.3, 0.4) is 0 Å². The van der Waals surface area contributed by atoms with Crippen molar-refractivity contribution in [3.05, 3.63) is 23.8 Å². The molecule has 1 aliphatic heterocycles. The molecule has 30 heavy (non-hydrogen) atoms. The van der Waals surface area contributed by atoms with Gasteiger partial charge in [-0.05, 0) is 43.9 Å². The predicted molar refractivity (Wildman–Crippen MR) is 116 cm³/mol. The molecule has 1 saturated heterocycles. The van der Waals surface area contributed by atoms with Crippen LogP contribution in [0.2, 0.25) is 0 Å². The number of piperazine rings is 1. The lowest BCUT2D eigenvalue weighted by Crippen LogP contribution is -2.58. The van der Waals surface area contributed by atoms with Crippen LogP contribution in [-0.2, 0) is 4.79 Å². The fourth-order valence-electron chi connectivity index (χ4n) is 4.67. The predicted octanol–water partition coefficient (Wildman–Crippen LogP) is 2.50. The lowest BCUT2D eigenvalue weighted by atomic mass is 9.94. The molecule has 7 heteroatoms. The topological polar surface area (TPSA) is 62.3 Å². The SMILES string of the molecule is CCN(C)C(=O)[C@@H](C1CCCC1)N1CCN(C(=O)c2ccc(OC)c(OC)c2)CC1. The van der Waals surface area contributed by atoms with Crippen LogP contribution in [-0.4, -0.2) is 86.5 Å². The molecule has 7 nitrogen and oxygen atoms in total. The Kier molecular flexibility index (Phi) is 7.58. The molecule has 1 aromatic rings. The highest BCUT2D eigenvalue weighted by molar-refractivity contribution is 5.95. The summed E-state index contributed by atoms with van der Waals surface area (Å²) >= 11 is 0. The Morgan fingerprint density at radius 3 is 2.27 bits per heavy atom. The van der Waals surface area contributed by atoms with Gasteiger partial charge in [0.25, 0.3) is 5.91 Å². The molecule has 0 N–H and O–H groups in total. The molecule has 1 saturated carbocycles. The minimum Gasteiger partial charge on any atom is -0.493 e.